The van der Waals surface area contributed by atoms with Crippen molar-refractivity contribution in [3.8, 4) is 0 Å². The molecule has 2 heterocycles. The van der Waals surface area contributed by atoms with Crippen molar-refractivity contribution in [3.63, 3.8) is 0 Å². The van der Waals surface area contributed by atoms with Gasteiger partial charge in [0.15, 0.2) is 0 Å². The fraction of sp³-hybridized carbons (Fsp3) is 0.947. The molecule has 4 fully saturated rings. The van der Waals surface area contributed by atoms with Crippen LogP contribution in [-0.4, -0.2) is 48.6 Å². The summed E-state index contributed by atoms with van der Waals surface area (Å²) in [5.74, 6) is 0.756. The molecule has 2 aliphatic heterocycles. The van der Waals surface area contributed by atoms with Gasteiger partial charge >= 0.3 is 5.97 Å². The molecule has 5 nitrogen and oxygen atoms in total. The minimum absolute atomic E-state index is 0.0432. The summed E-state index contributed by atoms with van der Waals surface area (Å²) in [6.45, 7) is 6.08. The number of ether oxygens (including phenoxy) is 2. The number of nitrogens with one attached hydrogen (secondary N) is 1. The van der Waals surface area contributed by atoms with Crippen LogP contribution in [0.25, 0.3) is 0 Å². The second kappa shape index (κ2) is 5.96. The van der Waals surface area contributed by atoms with Crippen LogP contribution in [0.5, 0.6) is 0 Å². The normalized spacial score (nSPS) is 47.9. The highest BCUT2D eigenvalue weighted by Gasteiger charge is 2.64. The van der Waals surface area contributed by atoms with Crippen LogP contribution in [0, 0.1) is 23.2 Å². The molecular formula is C19H31NO4. The van der Waals surface area contributed by atoms with Crippen LogP contribution in [0.1, 0.15) is 52.4 Å². The third-order valence-corrected chi connectivity index (χ3v) is 7.42. The highest BCUT2D eigenvalue weighted by atomic mass is 16.6. The van der Waals surface area contributed by atoms with Crippen LogP contribution in [0.2, 0.25) is 0 Å². The maximum Gasteiger partial charge on any atom is 0.310 e. The van der Waals surface area contributed by atoms with Crippen molar-refractivity contribution in [2.24, 2.45) is 23.2 Å². The zero-order chi connectivity index (χ0) is 16.9. The largest absolute Gasteiger partial charge is 0.462 e. The molecule has 0 radical (unpaired) electrons. The van der Waals surface area contributed by atoms with E-state index < -0.39 is 0 Å². The van der Waals surface area contributed by atoms with E-state index in [0.29, 0.717) is 18.4 Å². The fourth-order valence-electron chi connectivity index (χ4n) is 5.82. The van der Waals surface area contributed by atoms with Crippen LogP contribution in [-0.2, 0) is 14.3 Å². The number of fused-ring (bicyclic) bond motifs is 3. The zero-order valence-electron chi connectivity index (χ0n) is 14.9. The Hall–Kier alpha value is -0.650. The predicted molar refractivity (Wildman–Crippen MR) is 89.4 cm³/mol. The average molecular weight is 337 g/mol. The van der Waals surface area contributed by atoms with Gasteiger partial charge in [0.2, 0.25) is 0 Å². The molecule has 2 N–H and O–H groups in total. The summed E-state index contributed by atoms with van der Waals surface area (Å²) in [4.78, 5) is 12.5. The van der Waals surface area contributed by atoms with Crippen molar-refractivity contribution in [1.29, 1.82) is 0 Å². The minimum atomic E-state index is -0.0714. The van der Waals surface area contributed by atoms with Crippen molar-refractivity contribution in [2.75, 3.05) is 19.8 Å². The number of aliphatic hydroxyl groups excluding tert-OH is 1. The molecule has 4 rings (SSSR count). The Bertz CT molecular complexity index is 502. The number of epoxide rings is 1. The van der Waals surface area contributed by atoms with Crippen molar-refractivity contribution < 1.29 is 19.4 Å². The lowest BCUT2D eigenvalue weighted by molar-refractivity contribution is -0.147. The second-order valence-corrected chi connectivity index (χ2v) is 8.80. The number of aliphatic hydroxyl groups is 1. The third-order valence-electron chi connectivity index (χ3n) is 7.42. The van der Waals surface area contributed by atoms with Gasteiger partial charge in [-0.2, -0.15) is 0 Å². The standard InChI is InChI=1S/C19H31NO4/c1-3-12(10-21)20-9-14-13-7-16-18(2,8-15(13)24-17(14)22)5-4-6-19(16)11-23-19/h12-16,20-21H,3-11H2,1-2H3/t12-,13+,14+,15+,16+,18+,19-/m0/s1. The lowest BCUT2D eigenvalue weighted by atomic mass is 9.53. The first-order chi connectivity index (χ1) is 11.5. The third kappa shape index (κ3) is 2.60. The van der Waals surface area contributed by atoms with Gasteiger partial charge in [0.1, 0.15) is 6.10 Å². The van der Waals surface area contributed by atoms with Crippen molar-refractivity contribution in [2.45, 2.75) is 70.1 Å². The van der Waals surface area contributed by atoms with Crippen molar-refractivity contribution in [3.05, 3.63) is 0 Å². The molecule has 24 heavy (non-hydrogen) atoms. The molecule has 0 unspecified atom stereocenters. The lowest BCUT2D eigenvalue weighted by Crippen LogP contribution is -2.51. The van der Waals surface area contributed by atoms with Crippen LogP contribution >= 0.6 is 0 Å². The van der Waals surface area contributed by atoms with E-state index in [-0.39, 0.29) is 41.7 Å². The van der Waals surface area contributed by atoms with Gasteiger partial charge in [-0.25, -0.2) is 0 Å². The average Bonchev–Trinajstić information content (AvgIpc) is 3.25. The van der Waals surface area contributed by atoms with Crippen molar-refractivity contribution in [1.82, 2.24) is 5.32 Å². The molecule has 4 aliphatic rings. The Morgan fingerprint density at radius 3 is 2.88 bits per heavy atom. The number of carbonyl (C=O) groups is 1. The summed E-state index contributed by atoms with van der Waals surface area (Å²) in [6.07, 6.45) is 6.64. The van der Waals surface area contributed by atoms with Crippen LogP contribution in [0.4, 0.5) is 0 Å². The molecule has 2 aliphatic carbocycles. The molecule has 2 saturated heterocycles. The number of carbonyl (C=O) groups excluding carboxylic acids is 1. The van der Waals surface area contributed by atoms with Crippen molar-refractivity contribution >= 4 is 5.97 Å². The van der Waals surface area contributed by atoms with Gasteiger partial charge in [-0.15, -0.1) is 0 Å². The summed E-state index contributed by atoms with van der Waals surface area (Å²) in [6, 6.07) is 0.0681. The Morgan fingerprint density at radius 1 is 1.42 bits per heavy atom. The molecule has 0 aromatic carbocycles. The molecular weight excluding hydrogens is 306 g/mol. The molecule has 1 spiro atoms. The van der Waals surface area contributed by atoms with E-state index in [1.165, 1.54) is 19.3 Å². The van der Waals surface area contributed by atoms with E-state index in [0.717, 1.165) is 25.9 Å². The first-order valence-electron chi connectivity index (χ1n) is 9.70. The number of hydrogen-bond donors (Lipinski definition) is 2. The molecule has 0 aromatic heterocycles. The summed E-state index contributed by atoms with van der Waals surface area (Å²) >= 11 is 0. The SMILES string of the molecule is CC[C@@H](CO)NC[C@H]1C(=O)O[C@@H]2C[C@@]3(C)CCC[C@]4(CO4)[C@@H]3C[C@@H]21. The maximum atomic E-state index is 12.5. The molecule has 0 bridgehead atoms. The van der Waals surface area contributed by atoms with Gasteiger partial charge in [-0.05, 0) is 49.9 Å². The smallest absolute Gasteiger partial charge is 0.310 e. The first-order valence-corrected chi connectivity index (χ1v) is 9.70. The van der Waals surface area contributed by atoms with Gasteiger partial charge in [0.05, 0.1) is 24.7 Å². The summed E-state index contributed by atoms with van der Waals surface area (Å²) in [7, 11) is 0. The van der Waals surface area contributed by atoms with E-state index >= 15 is 0 Å². The quantitative estimate of drug-likeness (QED) is 0.592. The van der Waals surface area contributed by atoms with E-state index in [9.17, 15) is 9.90 Å². The summed E-state index contributed by atoms with van der Waals surface area (Å²) in [5, 5.41) is 12.7. The Balaban J connectivity index is 1.49. The van der Waals surface area contributed by atoms with Crippen LogP contribution in [0.15, 0.2) is 0 Å². The van der Waals surface area contributed by atoms with E-state index in [4.69, 9.17) is 9.47 Å². The van der Waals surface area contributed by atoms with Gasteiger partial charge in [-0.3, -0.25) is 4.79 Å². The Kier molecular flexibility index (Phi) is 4.17. The molecule has 0 aromatic rings. The first kappa shape index (κ1) is 16.8. The van der Waals surface area contributed by atoms with Gasteiger partial charge in [0.25, 0.3) is 0 Å². The van der Waals surface area contributed by atoms with E-state index in [2.05, 4.69) is 12.2 Å². The highest BCUT2D eigenvalue weighted by molar-refractivity contribution is 5.75. The summed E-state index contributed by atoms with van der Waals surface area (Å²) in [5.41, 5.74) is 0.369. The minimum Gasteiger partial charge on any atom is -0.462 e. The van der Waals surface area contributed by atoms with Crippen LogP contribution < -0.4 is 5.32 Å². The maximum absolute atomic E-state index is 12.5. The molecule has 7 atom stereocenters. The topological polar surface area (TPSA) is 71.1 Å². The summed E-state index contributed by atoms with van der Waals surface area (Å²) < 4.78 is 11.7. The Morgan fingerprint density at radius 2 is 2.21 bits per heavy atom. The van der Waals surface area contributed by atoms with E-state index in [1.807, 2.05) is 6.92 Å². The molecule has 136 valence electrons. The van der Waals surface area contributed by atoms with Gasteiger partial charge in [-0.1, -0.05) is 13.8 Å². The Labute approximate surface area is 144 Å². The molecule has 0 amide bonds. The zero-order valence-corrected chi connectivity index (χ0v) is 14.9. The molecule has 5 heteroatoms. The van der Waals surface area contributed by atoms with Gasteiger partial charge < -0.3 is 19.9 Å². The number of esters is 1. The lowest BCUT2D eigenvalue weighted by Gasteiger charge is -2.51. The van der Waals surface area contributed by atoms with Gasteiger partial charge in [0, 0.05) is 18.5 Å². The number of hydrogen-bond acceptors (Lipinski definition) is 5. The fourth-order valence-corrected chi connectivity index (χ4v) is 5.82. The number of rotatable bonds is 5. The highest BCUT2D eigenvalue weighted by Crippen LogP contribution is 2.62. The van der Waals surface area contributed by atoms with E-state index in [1.54, 1.807) is 0 Å². The monoisotopic (exact) mass is 337 g/mol. The predicted octanol–water partition coefficient (Wildman–Crippen LogP) is 1.87. The second-order valence-electron chi connectivity index (χ2n) is 8.80. The molecule has 2 saturated carbocycles. The van der Waals surface area contributed by atoms with Crippen LogP contribution in [0.3, 0.4) is 0 Å².